The molecule has 0 aromatic carbocycles. The van der Waals surface area contributed by atoms with Gasteiger partial charge in [-0.1, -0.05) is 13.3 Å². The third kappa shape index (κ3) is 3.66. The van der Waals surface area contributed by atoms with Gasteiger partial charge in [-0.25, -0.2) is 9.97 Å². The minimum atomic E-state index is 0.587. The molecule has 0 bridgehead atoms. The number of hydrogen-bond donors (Lipinski definition) is 2. The van der Waals surface area contributed by atoms with Crippen LogP contribution in [0.1, 0.15) is 37.7 Å². The van der Waals surface area contributed by atoms with Crippen molar-refractivity contribution in [2.75, 3.05) is 18.4 Å². The van der Waals surface area contributed by atoms with Crippen LogP contribution in [0, 0.1) is 6.92 Å². The Bertz CT molecular complexity index is 358. The number of aromatic nitrogens is 2. The van der Waals surface area contributed by atoms with Crippen molar-refractivity contribution >= 4 is 5.82 Å². The van der Waals surface area contributed by atoms with Gasteiger partial charge >= 0.3 is 0 Å². The second kappa shape index (κ2) is 5.96. The fourth-order valence-corrected chi connectivity index (χ4v) is 2.23. The van der Waals surface area contributed by atoms with Gasteiger partial charge in [0.2, 0.25) is 0 Å². The maximum atomic E-state index is 4.42. The first-order chi connectivity index (χ1) is 8.28. The Labute approximate surface area is 103 Å². The van der Waals surface area contributed by atoms with Gasteiger partial charge < -0.3 is 10.6 Å². The Balaban J connectivity index is 1.91. The zero-order valence-electron chi connectivity index (χ0n) is 10.8. The van der Waals surface area contributed by atoms with E-state index in [1.54, 1.807) is 0 Å². The molecule has 1 aliphatic heterocycles. The quantitative estimate of drug-likeness (QED) is 0.835. The van der Waals surface area contributed by atoms with Gasteiger partial charge in [0.1, 0.15) is 11.6 Å². The minimum Gasteiger partial charge on any atom is -0.368 e. The summed E-state index contributed by atoms with van der Waals surface area (Å²) in [6.45, 7) is 6.17. The van der Waals surface area contributed by atoms with Gasteiger partial charge in [-0.3, -0.25) is 0 Å². The van der Waals surface area contributed by atoms with E-state index >= 15 is 0 Å². The van der Waals surface area contributed by atoms with Crippen LogP contribution in [0.5, 0.6) is 0 Å². The van der Waals surface area contributed by atoms with Crippen LogP contribution in [0.2, 0.25) is 0 Å². The zero-order chi connectivity index (χ0) is 12.1. The van der Waals surface area contributed by atoms with Crippen LogP contribution in [0.15, 0.2) is 6.07 Å². The number of anilines is 1. The first kappa shape index (κ1) is 12.3. The lowest BCUT2D eigenvalue weighted by atomic mass is 10.1. The summed E-state index contributed by atoms with van der Waals surface area (Å²) in [6, 6.07) is 2.64. The van der Waals surface area contributed by atoms with Gasteiger partial charge in [-0.15, -0.1) is 0 Å². The Morgan fingerprint density at radius 1 is 1.41 bits per heavy atom. The molecule has 1 aliphatic rings. The van der Waals surface area contributed by atoms with Crippen LogP contribution >= 0.6 is 0 Å². The smallest absolute Gasteiger partial charge is 0.129 e. The molecule has 1 aromatic rings. The van der Waals surface area contributed by atoms with E-state index in [9.17, 15) is 0 Å². The van der Waals surface area contributed by atoms with Crippen LogP contribution in [0.25, 0.3) is 0 Å². The number of nitrogens with one attached hydrogen (secondary N) is 2. The molecule has 2 heterocycles. The van der Waals surface area contributed by atoms with Crippen LogP contribution in [-0.2, 0) is 6.42 Å². The van der Waals surface area contributed by atoms with Crippen molar-refractivity contribution in [1.82, 2.24) is 15.3 Å². The van der Waals surface area contributed by atoms with Crippen molar-refractivity contribution in [2.24, 2.45) is 0 Å². The van der Waals surface area contributed by atoms with Gasteiger partial charge in [0, 0.05) is 24.3 Å². The summed E-state index contributed by atoms with van der Waals surface area (Å²) in [5, 5.41) is 6.94. The predicted octanol–water partition coefficient (Wildman–Crippen LogP) is 1.90. The van der Waals surface area contributed by atoms with E-state index < -0.39 is 0 Å². The van der Waals surface area contributed by atoms with E-state index in [-0.39, 0.29) is 0 Å². The molecule has 4 nitrogen and oxygen atoms in total. The summed E-state index contributed by atoms with van der Waals surface area (Å²) in [5.74, 6) is 1.81. The monoisotopic (exact) mass is 234 g/mol. The van der Waals surface area contributed by atoms with Crippen molar-refractivity contribution in [3.8, 4) is 0 Å². The molecular formula is C13H22N4. The highest BCUT2D eigenvalue weighted by Crippen LogP contribution is 2.10. The summed E-state index contributed by atoms with van der Waals surface area (Å²) in [5.41, 5.74) is 1.11. The number of piperidine rings is 1. The van der Waals surface area contributed by atoms with E-state index in [1.807, 2.05) is 6.92 Å². The van der Waals surface area contributed by atoms with Crippen LogP contribution < -0.4 is 10.6 Å². The predicted molar refractivity (Wildman–Crippen MR) is 70.3 cm³/mol. The second-order valence-corrected chi connectivity index (χ2v) is 4.67. The van der Waals surface area contributed by atoms with Gasteiger partial charge in [0.25, 0.3) is 0 Å². The lowest BCUT2D eigenvalue weighted by Gasteiger charge is -2.23. The average Bonchev–Trinajstić information content (AvgIpc) is 2.37. The Hall–Kier alpha value is -1.16. The molecule has 0 aliphatic carbocycles. The van der Waals surface area contributed by atoms with E-state index in [2.05, 4.69) is 33.6 Å². The maximum absolute atomic E-state index is 4.42. The van der Waals surface area contributed by atoms with E-state index in [4.69, 9.17) is 0 Å². The first-order valence-electron chi connectivity index (χ1n) is 6.59. The molecule has 1 saturated heterocycles. The molecule has 1 atom stereocenters. The van der Waals surface area contributed by atoms with E-state index in [0.717, 1.165) is 36.8 Å². The summed E-state index contributed by atoms with van der Waals surface area (Å²) in [6.07, 6.45) is 4.86. The average molecular weight is 234 g/mol. The molecule has 0 radical (unpaired) electrons. The highest BCUT2D eigenvalue weighted by atomic mass is 15.1. The van der Waals surface area contributed by atoms with Crippen molar-refractivity contribution in [1.29, 1.82) is 0 Å². The third-order valence-corrected chi connectivity index (χ3v) is 3.20. The number of aryl methyl sites for hydroxylation is 2. The SMILES string of the molecule is CCc1cc(NCC2CCCCN2)nc(C)n1. The number of hydrogen-bond acceptors (Lipinski definition) is 4. The van der Waals surface area contributed by atoms with Gasteiger partial charge in [0.05, 0.1) is 0 Å². The molecule has 0 saturated carbocycles. The Kier molecular flexibility index (Phi) is 4.31. The zero-order valence-corrected chi connectivity index (χ0v) is 10.8. The van der Waals surface area contributed by atoms with E-state index in [1.165, 1.54) is 19.3 Å². The Morgan fingerprint density at radius 3 is 3.00 bits per heavy atom. The minimum absolute atomic E-state index is 0.587. The number of rotatable bonds is 4. The highest BCUT2D eigenvalue weighted by Gasteiger charge is 2.12. The molecule has 1 aromatic heterocycles. The van der Waals surface area contributed by atoms with Gasteiger partial charge in [-0.05, 0) is 32.7 Å². The standard InChI is InChI=1S/C13H22N4/c1-3-11-8-13(17-10(2)16-11)15-9-12-6-4-5-7-14-12/h8,12,14H,3-7,9H2,1-2H3,(H,15,16,17). The molecular weight excluding hydrogens is 212 g/mol. The van der Waals surface area contributed by atoms with Crippen molar-refractivity contribution in [3.05, 3.63) is 17.6 Å². The summed E-state index contributed by atoms with van der Waals surface area (Å²) in [7, 11) is 0. The molecule has 4 heteroatoms. The molecule has 2 N–H and O–H groups in total. The van der Waals surface area contributed by atoms with Crippen molar-refractivity contribution in [3.63, 3.8) is 0 Å². The van der Waals surface area contributed by atoms with Gasteiger partial charge in [-0.2, -0.15) is 0 Å². The van der Waals surface area contributed by atoms with Gasteiger partial charge in [0.15, 0.2) is 0 Å². The molecule has 1 unspecified atom stereocenters. The molecule has 0 amide bonds. The summed E-state index contributed by atoms with van der Waals surface area (Å²) >= 11 is 0. The molecule has 2 rings (SSSR count). The van der Waals surface area contributed by atoms with Crippen LogP contribution in [-0.4, -0.2) is 29.1 Å². The fraction of sp³-hybridized carbons (Fsp3) is 0.692. The number of nitrogens with zero attached hydrogens (tertiary/aromatic N) is 2. The lowest BCUT2D eigenvalue weighted by Crippen LogP contribution is -2.39. The molecule has 17 heavy (non-hydrogen) atoms. The molecule has 94 valence electrons. The topological polar surface area (TPSA) is 49.8 Å². The lowest BCUT2D eigenvalue weighted by molar-refractivity contribution is 0.414. The summed E-state index contributed by atoms with van der Waals surface area (Å²) < 4.78 is 0. The first-order valence-corrected chi connectivity index (χ1v) is 6.59. The fourth-order valence-electron chi connectivity index (χ4n) is 2.23. The molecule has 1 fully saturated rings. The normalized spacial score (nSPS) is 20.2. The third-order valence-electron chi connectivity index (χ3n) is 3.20. The van der Waals surface area contributed by atoms with E-state index in [0.29, 0.717) is 6.04 Å². The Morgan fingerprint density at radius 2 is 2.29 bits per heavy atom. The molecule has 0 spiro atoms. The van der Waals surface area contributed by atoms with Crippen molar-refractivity contribution < 1.29 is 0 Å². The second-order valence-electron chi connectivity index (χ2n) is 4.67. The summed E-state index contributed by atoms with van der Waals surface area (Å²) in [4.78, 5) is 8.80. The van der Waals surface area contributed by atoms with Crippen molar-refractivity contribution in [2.45, 2.75) is 45.6 Å². The highest BCUT2D eigenvalue weighted by molar-refractivity contribution is 5.36. The van der Waals surface area contributed by atoms with Crippen LogP contribution in [0.4, 0.5) is 5.82 Å². The largest absolute Gasteiger partial charge is 0.368 e. The van der Waals surface area contributed by atoms with Crippen LogP contribution in [0.3, 0.4) is 0 Å². The maximum Gasteiger partial charge on any atom is 0.129 e.